The predicted molar refractivity (Wildman–Crippen MR) is 121 cm³/mol. The Morgan fingerprint density at radius 2 is 1.65 bits per heavy atom. The average molecular weight is 445 g/mol. The molecule has 0 N–H and O–H groups in total. The van der Waals surface area contributed by atoms with Gasteiger partial charge in [-0.15, -0.1) is 0 Å². The molecule has 2 aromatic rings. The van der Waals surface area contributed by atoms with Crippen molar-refractivity contribution in [2.75, 3.05) is 31.1 Å². The Balaban J connectivity index is 1.57. The van der Waals surface area contributed by atoms with Crippen LogP contribution in [0.15, 0.2) is 48.5 Å². The van der Waals surface area contributed by atoms with E-state index in [1.807, 2.05) is 50.8 Å². The molecule has 0 aromatic heterocycles. The van der Waals surface area contributed by atoms with Crippen molar-refractivity contribution in [1.82, 2.24) is 4.90 Å². The van der Waals surface area contributed by atoms with Crippen molar-refractivity contribution >= 4 is 29.2 Å². The molecule has 1 amide bonds. The van der Waals surface area contributed by atoms with E-state index < -0.39 is 11.4 Å². The molecule has 0 aliphatic carbocycles. The highest BCUT2D eigenvalue weighted by Gasteiger charge is 2.34. The van der Waals surface area contributed by atoms with Gasteiger partial charge in [0.05, 0.1) is 5.41 Å². The second-order valence-electron chi connectivity index (χ2n) is 8.61. The molecule has 1 aliphatic rings. The number of piperazine rings is 1. The molecule has 0 bridgehead atoms. The number of hydrogen-bond donors (Lipinski definition) is 0. The summed E-state index contributed by atoms with van der Waals surface area (Å²) in [6, 6.07) is 14.4. The van der Waals surface area contributed by atoms with Crippen LogP contribution in [0.2, 0.25) is 5.02 Å². The van der Waals surface area contributed by atoms with Crippen molar-refractivity contribution in [3.63, 3.8) is 0 Å². The van der Waals surface area contributed by atoms with Crippen LogP contribution in [0.4, 0.5) is 5.69 Å². The van der Waals surface area contributed by atoms with Gasteiger partial charge in [-0.2, -0.15) is 0 Å². The Kier molecular flexibility index (Phi) is 7.11. The SMILES string of the molecule is CC(C)C(C)(C)C(=O)OOc1cccc(N2CCN(C(=O)c3ccc(Cl)cc3)CC2)c1. The van der Waals surface area contributed by atoms with Crippen LogP contribution < -0.4 is 9.79 Å². The van der Waals surface area contributed by atoms with Gasteiger partial charge in [0.25, 0.3) is 5.91 Å². The van der Waals surface area contributed by atoms with Gasteiger partial charge in [-0.1, -0.05) is 31.5 Å². The summed E-state index contributed by atoms with van der Waals surface area (Å²) in [5.41, 5.74) is 0.958. The van der Waals surface area contributed by atoms with Gasteiger partial charge in [0, 0.05) is 48.5 Å². The Bertz CT molecular complexity index is 919. The highest BCUT2D eigenvalue weighted by Crippen LogP contribution is 2.29. The smallest absolute Gasteiger partial charge is 0.361 e. The van der Waals surface area contributed by atoms with Gasteiger partial charge in [-0.05, 0) is 56.2 Å². The van der Waals surface area contributed by atoms with Crippen LogP contribution in [0.3, 0.4) is 0 Å². The summed E-state index contributed by atoms with van der Waals surface area (Å²) in [7, 11) is 0. The van der Waals surface area contributed by atoms with E-state index in [1.165, 1.54) is 0 Å². The molecule has 7 heteroatoms. The molecule has 0 unspecified atom stereocenters. The highest BCUT2D eigenvalue weighted by molar-refractivity contribution is 6.30. The van der Waals surface area contributed by atoms with Gasteiger partial charge in [0.2, 0.25) is 0 Å². The van der Waals surface area contributed by atoms with Crippen LogP contribution in [-0.2, 0) is 9.68 Å². The third kappa shape index (κ3) is 5.50. The molecule has 1 saturated heterocycles. The lowest BCUT2D eigenvalue weighted by atomic mass is 9.81. The maximum absolute atomic E-state index is 12.7. The first-order valence-electron chi connectivity index (χ1n) is 10.5. The first kappa shape index (κ1) is 22.9. The number of hydrogen-bond acceptors (Lipinski definition) is 5. The predicted octanol–water partition coefficient (Wildman–Crippen LogP) is 4.82. The van der Waals surface area contributed by atoms with Gasteiger partial charge >= 0.3 is 5.97 Å². The lowest BCUT2D eigenvalue weighted by Gasteiger charge is -2.36. The van der Waals surface area contributed by atoms with Crippen LogP contribution in [0.25, 0.3) is 0 Å². The Hall–Kier alpha value is -2.73. The van der Waals surface area contributed by atoms with E-state index in [2.05, 4.69) is 4.90 Å². The lowest BCUT2D eigenvalue weighted by molar-refractivity contribution is -0.226. The fourth-order valence-corrected chi connectivity index (χ4v) is 3.23. The van der Waals surface area contributed by atoms with Crippen LogP contribution in [0.1, 0.15) is 38.1 Å². The summed E-state index contributed by atoms with van der Waals surface area (Å²) < 4.78 is 0. The minimum absolute atomic E-state index is 0.00748. The number of benzene rings is 2. The third-order valence-electron chi connectivity index (χ3n) is 6.02. The van der Waals surface area contributed by atoms with Gasteiger partial charge < -0.3 is 9.80 Å². The Labute approximate surface area is 188 Å². The van der Waals surface area contributed by atoms with Crippen molar-refractivity contribution in [2.24, 2.45) is 11.3 Å². The van der Waals surface area contributed by atoms with Crippen LogP contribution in [0, 0.1) is 11.3 Å². The normalized spacial score (nSPS) is 14.5. The van der Waals surface area contributed by atoms with Crippen LogP contribution in [0.5, 0.6) is 5.75 Å². The number of halogens is 1. The summed E-state index contributed by atoms with van der Waals surface area (Å²) in [5, 5.41) is 0.613. The summed E-state index contributed by atoms with van der Waals surface area (Å²) in [6.45, 7) is 10.2. The van der Waals surface area contributed by atoms with Gasteiger partial charge in [-0.3, -0.25) is 9.68 Å². The van der Waals surface area contributed by atoms with Crippen LogP contribution in [-0.4, -0.2) is 43.0 Å². The Morgan fingerprint density at radius 1 is 1.00 bits per heavy atom. The number of carbonyl (C=O) groups excluding carboxylic acids is 2. The van der Waals surface area contributed by atoms with E-state index in [1.54, 1.807) is 30.3 Å². The number of nitrogens with zero attached hydrogens (tertiary/aromatic N) is 2. The van der Waals surface area contributed by atoms with Gasteiger partial charge in [0.1, 0.15) is 0 Å². The van der Waals surface area contributed by atoms with Crippen molar-refractivity contribution in [1.29, 1.82) is 0 Å². The monoisotopic (exact) mass is 444 g/mol. The minimum atomic E-state index is -0.634. The van der Waals surface area contributed by atoms with Crippen molar-refractivity contribution in [2.45, 2.75) is 27.7 Å². The second kappa shape index (κ2) is 9.60. The van der Waals surface area contributed by atoms with Gasteiger partial charge in [0.15, 0.2) is 5.75 Å². The van der Waals surface area contributed by atoms with Crippen LogP contribution >= 0.6 is 11.6 Å². The summed E-state index contributed by atoms with van der Waals surface area (Å²) >= 11 is 5.91. The third-order valence-corrected chi connectivity index (χ3v) is 6.28. The molecule has 3 rings (SSSR count). The molecule has 0 atom stereocenters. The average Bonchev–Trinajstić information content (AvgIpc) is 2.77. The summed E-state index contributed by atoms with van der Waals surface area (Å²) in [4.78, 5) is 39.4. The highest BCUT2D eigenvalue weighted by atomic mass is 35.5. The molecule has 0 radical (unpaired) electrons. The van der Waals surface area contributed by atoms with Gasteiger partial charge in [-0.25, -0.2) is 9.68 Å². The maximum atomic E-state index is 12.7. The fourth-order valence-electron chi connectivity index (χ4n) is 3.10. The molecule has 6 nitrogen and oxygen atoms in total. The second-order valence-corrected chi connectivity index (χ2v) is 9.05. The van der Waals surface area contributed by atoms with E-state index in [4.69, 9.17) is 21.4 Å². The van der Waals surface area contributed by atoms with E-state index >= 15 is 0 Å². The lowest BCUT2D eigenvalue weighted by Crippen LogP contribution is -2.48. The number of carbonyl (C=O) groups is 2. The van der Waals surface area contributed by atoms with Crippen molar-refractivity contribution in [3.05, 3.63) is 59.1 Å². The first-order valence-corrected chi connectivity index (χ1v) is 10.8. The largest absolute Gasteiger partial charge is 0.368 e. The molecular weight excluding hydrogens is 416 g/mol. The summed E-state index contributed by atoms with van der Waals surface area (Å²) in [6.07, 6.45) is 0. The molecule has 1 aliphatic heterocycles. The van der Waals surface area contributed by atoms with E-state index in [0.717, 1.165) is 5.69 Å². The standard InChI is InChI=1S/C24H29ClN2O4/c1-17(2)24(3,4)23(29)31-30-21-7-5-6-20(16-21)26-12-14-27(15-13-26)22(28)18-8-10-19(25)11-9-18/h5-11,16-17H,12-15H2,1-4H3. The quantitative estimate of drug-likeness (QED) is 0.472. The zero-order valence-electron chi connectivity index (χ0n) is 18.4. The molecule has 1 heterocycles. The fraction of sp³-hybridized carbons (Fsp3) is 0.417. The maximum Gasteiger partial charge on any atom is 0.361 e. The molecule has 31 heavy (non-hydrogen) atoms. The Morgan fingerprint density at radius 3 is 2.26 bits per heavy atom. The zero-order chi connectivity index (χ0) is 22.6. The van der Waals surface area contributed by atoms with Crippen molar-refractivity contribution in [3.8, 4) is 5.75 Å². The minimum Gasteiger partial charge on any atom is -0.368 e. The molecular formula is C24H29ClN2O4. The van der Waals surface area contributed by atoms with Crippen molar-refractivity contribution < 1.29 is 19.4 Å². The summed E-state index contributed by atoms with van der Waals surface area (Å²) in [5.74, 6) is 0.196. The zero-order valence-corrected chi connectivity index (χ0v) is 19.2. The van der Waals surface area contributed by atoms with E-state index in [9.17, 15) is 9.59 Å². The number of amides is 1. The van der Waals surface area contributed by atoms with E-state index in [-0.39, 0.29) is 11.8 Å². The molecule has 2 aromatic carbocycles. The molecule has 1 fully saturated rings. The molecule has 166 valence electrons. The topological polar surface area (TPSA) is 59.1 Å². The molecule has 0 spiro atoms. The number of rotatable bonds is 6. The first-order chi connectivity index (χ1) is 14.7. The number of anilines is 1. The van der Waals surface area contributed by atoms with E-state index in [0.29, 0.717) is 42.5 Å². The molecule has 0 saturated carbocycles.